The third kappa shape index (κ3) is 2.58. The molecular weight excluding hydrogens is 200 g/mol. The van der Waals surface area contributed by atoms with E-state index in [1.807, 2.05) is 30.3 Å². The summed E-state index contributed by atoms with van der Waals surface area (Å²) < 4.78 is 4.99. The molecule has 0 N–H and O–H groups in total. The SMILES string of the molecule is COc1ccnc(C#Cc2ccccc2)n1. The highest BCUT2D eigenvalue weighted by atomic mass is 16.5. The van der Waals surface area contributed by atoms with Gasteiger partial charge in [-0.3, -0.25) is 0 Å². The Kier molecular flexibility index (Phi) is 3.15. The summed E-state index contributed by atoms with van der Waals surface area (Å²) in [6.45, 7) is 0. The van der Waals surface area contributed by atoms with Crippen molar-refractivity contribution in [2.75, 3.05) is 7.11 Å². The molecule has 1 aromatic carbocycles. The molecule has 0 aliphatic carbocycles. The first kappa shape index (κ1) is 10.2. The van der Waals surface area contributed by atoms with Crippen LogP contribution in [0, 0.1) is 11.8 Å². The first-order chi connectivity index (χ1) is 7.88. The molecule has 1 heterocycles. The number of methoxy groups -OCH3 is 1. The summed E-state index contributed by atoms with van der Waals surface area (Å²) in [5.74, 6) is 6.85. The maximum absolute atomic E-state index is 4.99. The molecule has 1 aromatic heterocycles. The molecule has 78 valence electrons. The van der Waals surface area contributed by atoms with Crippen LogP contribution in [-0.2, 0) is 0 Å². The van der Waals surface area contributed by atoms with Gasteiger partial charge in [-0.25, -0.2) is 4.98 Å². The largest absolute Gasteiger partial charge is 0.481 e. The van der Waals surface area contributed by atoms with E-state index in [1.165, 1.54) is 0 Å². The van der Waals surface area contributed by atoms with Crippen LogP contribution in [0.25, 0.3) is 0 Å². The number of nitrogens with zero attached hydrogens (tertiary/aromatic N) is 2. The first-order valence-electron chi connectivity index (χ1n) is 4.82. The van der Waals surface area contributed by atoms with E-state index >= 15 is 0 Å². The van der Waals surface area contributed by atoms with Crippen LogP contribution < -0.4 is 4.74 Å². The number of aromatic nitrogens is 2. The van der Waals surface area contributed by atoms with Crippen molar-refractivity contribution in [3.05, 3.63) is 54.0 Å². The number of hydrogen-bond donors (Lipinski definition) is 0. The van der Waals surface area contributed by atoms with Gasteiger partial charge >= 0.3 is 0 Å². The molecule has 3 heteroatoms. The van der Waals surface area contributed by atoms with E-state index in [0.29, 0.717) is 11.7 Å². The average molecular weight is 210 g/mol. The number of hydrogen-bond acceptors (Lipinski definition) is 3. The van der Waals surface area contributed by atoms with Crippen LogP contribution in [0.2, 0.25) is 0 Å². The van der Waals surface area contributed by atoms with Crippen molar-refractivity contribution in [2.24, 2.45) is 0 Å². The Morgan fingerprint density at radius 2 is 1.88 bits per heavy atom. The molecule has 0 atom stereocenters. The molecule has 0 radical (unpaired) electrons. The Balaban J connectivity index is 2.24. The molecule has 16 heavy (non-hydrogen) atoms. The highest BCUT2D eigenvalue weighted by Gasteiger charge is 1.94. The Labute approximate surface area is 94.1 Å². The Morgan fingerprint density at radius 1 is 1.06 bits per heavy atom. The van der Waals surface area contributed by atoms with Gasteiger partial charge in [0.2, 0.25) is 11.7 Å². The van der Waals surface area contributed by atoms with Crippen LogP contribution in [-0.4, -0.2) is 17.1 Å². The van der Waals surface area contributed by atoms with E-state index in [9.17, 15) is 0 Å². The fraction of sp³-hybridized carbons (Fsp3) is 0.0769. The number of benzene rings is 1. The van der Waals surface area contributed by atoms with Gasteiger partial charge in [-0.15, -0.1) is 0 Å². The Bertz CT molecular complexity index is 526. The molecule has 0 aliphatic heterocycles. The van der Waals surface area contributed by atoms with Gasteiger partial charge < -0.3 is 4.74 Å². The van der Waals surface area contributed by atoms with Gasteiger partial charge in [-0.1, -0.05) is 24.1 Å². The van der Waals surface area contributed by atoms with Gasteiger partial charge in [-0.2, -0.15) is 4.98 Å². The van der Waals surface area contributed by atoms with Crippen molar-refractivity contribution >= 4 is 0 Å². The quantitative estimate of drug-likeness (QED) is 0.674. The summed E-state index contributed by atoms with van der Waals surface area (Å²) >= 11 is 0. The van der Waals surface area contributed by atoms with E-state index < -0.39 is 0 Å². The van der Waals surface area contributed by atoms with E-state index in [-0.39, 0.29) is 0 Å². The van der Waals surface area contributed by atoms with Crippen LogP contribution in [0.4, 0.5) is 0 Å². The smallest absolute Gasteiger partial charge is 0.217 e. The van der Waals surface area contributed by atoms with Crippen LogP contribution in [0.15, 0.2) is 42.6 Å². The van der Waals surface area contributed by atoms with Gasteiger partial charge in [0.25, 0.3) is 0 Å². The second-order valence-electron chi connectivity index (χ2n) is 3.04. The molecule has 0 unspecified atom stereocenters. The van der Waals surface area contributed by atoms with Gasteiger partial charge in [0.05, 0.1) is 7.11 Å². The number of ether oxygens (including phenoxy) is 1. The highest BCUT2D eigenvalue weighted by molar-refractivity contribution is 5.38. The van der Waals surface area contributed by atoms with Crippen molar-refractivity contribution in [1.82, 2.24) is 9.97 Å². The topological polar surface area (TPSA) is 35.0 Å². The number of rotatable bonds is 1. The summed E-state index contributed by atoms with van der Waals surface area (Å²) in [4.78, 5) is 8.14. The lowest BCUT2D eigenvalue weighted by molar-refractivity contribution is 0.396. The molecule has 2 rings (SSSR count). The summed E-state index contributed by atoms with van der Waals surface area (Å²) in [6.07, 6.45) is 1.63. The summed E-state index contributed by atoms with van der Waals surface area (Å²) in [7, 11) is 1.57. The molecule has 0 saturated heterocycles. The molecule has 0 amide bonds. The van der Waals surface area contributed by atoms with Crippen molar-refractivity contribution in [2.45, 2.75) is 0 Å². The highest BCUT2D eigenvalue weighted by Crippen LogP contribution is 2.03. The fourth-order valence-corrected chi connectivity index (χ4v) is 1.17. The molecule has 2 aromatic rings. The lowest BCUT2D eigenvalue weighted by atomic mass is 10.2. The minimum atomic E-state index is 0.461. The van der Waals surface area contributed by atoms with E-state index in [2.05, 4.69) is 21.8 Å². The molecule has 0 bridgehead atoms. The van der Waals surface area contributed by atoms with Crippen LogP contribution >= 0.6 is 0 Å². The van der Waals surface area contributed by atoms with E-state index in [0.717, 1.165) is 5.56 Å². The minimum Gasteiger partial charge on any atom is -0.481 e. The fourth-order valence-electron chi connectivity index (χ4n) is 1.17. The standard InChI is InChI=1S/C13H10N2O/c1-16-13-9-10-14-12(15-13)8-7-11-5-3-2-4-6-11/h2-6,9-10H,1H3. The summed E-state index contributed by atoms with van der Waals surface area (Å²) in [6, 6.07) is 11.4. The minimum absolute atomic E-state index is 0.461. The molecule has 0 aliphatic rings. The van der Waals surface area contributed by atoms with Crippen LogP contribution in [0.3, 0.4) is 0 Å². The van der Waals surface area contributed by atoms with Crippen molar-refractivity contribution in [3.8, 4) is 17.7 Å². The molecular formula is C13H10N2O. The van der Waals surface area contributed by atoms with E-state index in [4.69, 9.17) is 4.74 Å². The van der Waals surface area contributed by atoms with Crippen molar-refractivity contribution < 1.29 is 4.74 Å². The second kappa shape index (κ2) is 4.94. The van der Waals surface area contributed by atoms with E-state index in [1.54, 1.807) is 19.4 Å². The normalized spacial score (nSPS) is 9.06. The predicted octanol–water partition coefficient (Wildman–Crippen LogP) is 1.89. The van der Waals surface area contributed by atoms with Crippen molar-refractivity contribution in [3.63, 3.8) is 0 Å². The zero-order chi connectivity index (χ0) is 11.2. The van der Waals surface area contributed by atoms with Gasteiger partial charge in [0, 0.05) is 17.8 Å². The maximum atomic E-state index is 4.99. The predicted molar refractivity (Wildman–Crippen MR) is 61.0 cm³/mol. The summed E-state index contributed by atoms with van der Waals surface area (Å²) in [5, 5.41) is 0. The third-order valence-electron chi connectivity index (χ3n) is 1.93. The Morgan fingerprint density at radius 3 is 2.62 bits per heavy atom. The third-order valence-corrected chi connectivity index (χ3v) is 1.93. The lowest BCUT2D eigenvalue weighted by Gasteiger charge is -1.96. The first-order valence-corrected chi connectivity index (χ1v) is 4.82. The molecule has 3 nitrogen and oxygen atoms in total. The molecule has 0 fully saturated rings. The average Bonchev–Trinajstić information content (AvgIpc) is 2.38. The Hall–Kier alpha value is -2.34. The van der Waals surface area contributed by atoms with Gasteiger partial charge in [-0.05, 0) is 18.1 Å². The maximum Gasteiger partial charge on any atom is 0.217 e. The monoisotopic (exact) mass is 210 g/mol. The van der Waals surface area contributed by atoms with Crippen molar-refractivity contribution in [1.29, 1.82) is 0 Å². The lowest BCUT2D eigenvalue weighted by Crippen LogP contribution is -1.92. The zero-order valence-corrected chi connectivity index (χ0v) is 8.84. The zero-order valence-electron chi connectivity index (χ0n) is 8.84. The molecule has 0 saturated carbocycles. The van der Waals surface area contributed by atoms with Gasteiger partial charge in [0.15, 0.2) is 0 Å². The summed E-state index contributed by atoms with van der Waals surface area (Å²) in [5.41, 5.74) is 0.939. The van der Waals surface area contributed by atoms with Gasteiger partial charge in [0.1, 0.15) is 0 Å². The van der Waals surface area contributed by atoms with Crippen LogP contribution in [0.5, 0.6) is 5.88 Å². The second-order valence-corrected chi connectivity index (χ2v) is 3.04. The van der Waals surface area contributed by atoms with Crippen LogP contribution in [0.1, 0.15) is 11.4 Å². The molecule has 0 spiro atoms.